The van der Waals surface area contributed by atoms with Crippen LogP contribution in [0, 0.1) is 0 Å². The van der Waals surface area contributed by atoms with Crippen LogP contribution in [0.3, 0.4) is 0 Å². The summed E-state index contributed by atoms with van der Waals surface area (Å²) in [5.74, 6) is 0. The molecule has 2 aromatic rings. The molecule has 2 amide bonds. The first-order chi connectivity index (χ1) is 11.2. The lowest BCUT2D eigenvalue weighted by atomic mass is 10.0. The summed E-state index contributed by atoms with van der Waals surface area (Å²) in [4.78, 5) is 13.4. The largest absolute Gasteiger partial charge is 0.396 e. The average Bonchev–Trinajstić information content (AvgIpc) is 3.07. The van der Waals surface area contributed by atoms with E-state index in [9.17, 15) is 4.79 Å². The van der Waals surface area contributed by atoms with Crippen molar-refractivity contribution in [3.05, 3.63) is 58.3 Å². The Morgan fingerprint density at radius 1 is 1.17 bits per heavy atom. The fourth-order valence-electron chi connectivity index (χ4n) is 2.46. The van der Waals surface area contributed by atoms with Crippen molar-refractivity contribution in [2.45, 2.75) is 38.3 Å². The van der Waals surface area contributed by atoms with Gasteiger partial charge in [-0.3, -0.25) is 0 Å². The lowest BCUT2D eigenvalue weighted by Gasteiger charge is -2.20. The van der Waals surface area contributed by atoms with E-state index in [4.69, 9.17) is 5.11 Å². The van der Waals surface area contributed by atoms with Crippen molar-refractivity contribution in [3.63, 3.8) is 0 Å². The fourth-order valence-corrected chi connectivity index (χ4v) is 3.23. The number of urea groups is 1. The summed E-state index contributed by atoms with van der Waals surface area (Å²) >= 11 is 1.65. The third kappa shape index (κ3) is 6.04. The smallest absolute Gasteiger partial charge is 0.315 e. The highest BCUT2D eigenvalue weighted by Gasteiger charge is 2.17. The Morgan fingerprint density at radius 2 is 1.96 bits per heavy atom. The number of thiophene rings is 1. The van der Waals surface area contributed by atoms with Gasteiger partial charge in [0, 0.05) is 17.5 Å². The van der Waals surface area contributed by atoms with Crippen molar-refractivity contribution in [2.24, 2.45) is 0 Å². The second-order valence-electron chi connectivity index (χ2n) is 5.64. The van der Waals surface area contributed by atoms with Crippen molar-refractivity contribution in [1.29, 1.82) is 0 Å². The number of carbonyl (C=O) groups excluding carboxylic acids is 1. The summed E-state index contributed by atoms with van der Waals surface area (Å²) in [7, 11) is 0. The lowest BCUT2D eigenvalue weighted by molar-refractivity contribution is 0.230. The first-order valence-electron chi connectivity index (χ1n) is 7.94. The van der Waals surface area contributed by atoms with E-state index in [1.54, 1.807) is 11.3 Å². The van der Waals surface area contributed by atoms with E-state index in [-0.39, 0.29) is 24.7 Å². The molecule has 3 N–H and O–H groups in total. The molecule has 124 valence electrons. The molecule has 0 aliphatic heterocycles. The van der Waals surface area contributed by atoms with Gasteiger partial charge in [0.2, 0.25) is 0 Å². The molecule has 0 fully saturated rings. The molecule has 2 rings (SSSR count). The minimum absolute atomic E-state index is 0.0394. The average molecular weight is 332 g/mol. The molecule has 1 aromatic carbocycles. The Labute approximate surface area is 141 Å². The first kappa shape index (κ1) is 17.5. The van der Waals surface area contributed by atoms with Crippen LogP contribution in [0.5, 0.6) is 0 Å². The molecule has 2 unspecified atom stereocenters. The molecule has 5 heteroatoms. The molecule has 1 aromatic heterocycles. The third-order valence-corrected chi connectivity index (χ3v) is 4.63. The van der Waals surface area contributed by atoms with Crippen LogP contribution in [-0.4, -0.2) is 23.8 Å². The summed E-state index contributed by atoms with van der Waals surface area (Å²) in [5.41, 5.74) is 1.19. The van der Waals surface area contributed by atoms with Crippen molar-refractivity contribution in [1.82, 2.24) is 10.6 Å². The van der Waals surface area contributed by atoms with Gasteiger partial charge in [-0.1, -0.05) is 36.4 Å². The molecule has 0 aliphatic rings. The zero-order valence-electron chi connectivity index (χ0n) is 13.4. The Hall–Kier alpha value is -1.85. The van der Waals surface area contributed by atoms with Gasteiger partial charge < -0.3 is 15.7 Å². The SMILES string of the molecule is CC(CCCO)NC(=O)NC(Cc1ccccc1)c1cccs1. The van der Waals surface area contributed by atoms with Gasteiger partial charge in [0.1, 0.15) is 0 Å². The quantitative estimate of drug-likeness (QED) is 0.693. The lowest BCUT2D eigenvalue weighted by Crippen LogP contribution is -2.42. The second-order valence-corrected chi connectivity index (χ2v) is 6.62. The number of aliphatic hydroxyl groups is 1. The van der Waals surface area contributed by atoms with E-state index < -0.39 is 0 Å². The summed E-state index contributed by atoms with van der Waals surface area (Å²) in [5, 5.41) is 16.9. The summed E-state index contributed by atoms with van der Waals surface area (Å²) < 4.78 is 0. The molecule has 0 spiro atoms. The standard InChI is InChI=1S/C18H24N2O2S/c1-14(7-5-11-21)19-18(22)20-16(17-10-6-12-23-17)13-15-8-3-2-4-9-15/h2-4,6,8-10,12,14,16,21H,5,7,11,13H2,1H3,(H2,19,20,22). The number of carbonyl (C=O) groups is 1. The van der Waals surface area contributed by atoms with Crippen molar-refractivity contribution in [2.75, 3.05) is 6.61 Å². The van der Waals surface area contributed by atoms with E-state index in [0.717, 1.165) is 17.7 Å². The van der Waals surface area contributed by atoms with E-state index in [2.05, 4.69) is 22.8 Å². The molecule has 23 heavy (non-hydrogen) atoms. The topological polar surface area (TPSA) is 61.4 Å². The molecule has 0 aliphatic carbocycles. The summed E-state index contributed by atoms with van der Waals surface area (Å²) in [6, 6.07) is 14.1. The normalized spacial score (nSPS) is 13.3. The number of benzene rings is 1. The molecule has 4 nitrogen and oxygen atoms in total. The number of nitrogens with one attached hydrogen (secondary N) is 2. The maximum Gasteiger partial charge on any atom is 0.315 e. The monoisotopic (exact) mass is 332 g/mol. The molecule has 0 saturated carbocycles. The van der Waals surface area contributed by atoms with E-state index >= 15 is 0 Å². The number of hydrogen-bond donors (Lipinski definition) is 3. The van der Waals surface area contributed by atoms with Gasteiger partial charge in [-0.2, -0.15) is 0 Å². The van der Waals surface area contributed by atoms with Gasteiger partial charge >= 0.3 is 6.03 Å². The van der Waals surface area contributed by atoms with Crippen molar-refractivity contribution < 1.29 is 9.90 Å². The second kappa shape index (κ2) is 9.33. The maximum atomic E-state index is 12.2. The van der Waals surface area contributed by atoms with Crippen LogP contribution in [0.25, 0.3) is 0 Å². The van der Waals surface area contributed by atoms with Crippen LogP contribution < -0.4 is 10.6 Å². The van der Waals surface area contributed by atoms with Gasteiger partial charge in [-0.15, -0.1) is 11.3 Å². The van der Waals surface area contributed by atoms with Crippen LogP contribution >= 0.6 is 11.3 Å². The number of amides is 2. The van der Waals surface area contributed by atoms with Gasteiger partial charge in [0.25, 0.3) is 0 Å². The van der Waals surface area contributed by atoms with E-state index in [0.29, 0.717) is 6.42 Å². The van der Waals surface area contributed by atoms with E-state index in [1.807, 2.05) is 42.6 Å². The van der Waals surface area contributed by atoms with Crippen molar-refractivity contribution in [3.8, 4) is 0 Å². The van der Waals surface area contributed by atoms with Crippen molar-refractivity contribution >= 4 is 17.4 Å². The predicted octanol–water partition coefficient (Wildman–Crippen LogP) is 3.49. The van der Waals surface area contributed by atoms with Crippen LogP contribution in [0.4, 0.5) is 4.79 Å². The molecular weight excluding hydrogens is 308 g/mol. The molecule has 0 saturated heterocycles. The maximum absolute atomic E-state index is 12.2. The zero-order valence-corrected chi connectivity index (χ0v) is 14.2. The molecular formula is C18H24N2O2S. The number of aliphatic hydroxyl groups excluding tert-OH is 1. The minimum Gasteiger partial charge on any atom is -0.396 e. The molecule has 0 radical (unpaired) electrons. The highest BCUT2D eigenvalue weighted by Crippen LogP contribution is 2.23. The van der Waals surface area contributed by atoms with Crippen LogP contribution in [-0.2, 0) is 6.42 Å². The number of rotatable bonds is 8. The highest BCUT2D eigenvalue weighted by molar-refractivity contribution is 7.10. The molecule has 2 atom stereocenters. The Morgan fingerprint density at radius 3 is 2.61 bits per heavy atom. The first-order valence-corrected chi connectivity index (χ1v) is 8.82. The van der Waals surface area contributed by atoms with Gasteiger partial charge in [0.15, 0.2) is 0 Å². The van der Waals surface area contributed by atoms with Gasteiger partial charge in [0.05, 0.1) is 6.04 Å². The highest BCUT2D eigenvalue weighted by atomic mass is 32.1. The van der Waals surface area contributed by atoms with Gasteiger partial charge in [-0.25, -0.2) is 4.79 Å². The molecule has 0 bridgehead atoms. The molecule has 1 heterocycles. The predicted molar refractivity (Wildman–Crippen MR) is 94.7 cm³/mol. The summed E-state index contributed by atoms with van der Waals surface area (Å²) in [6.07, 6.45) is 2.23. The van der Waals surface area contributed by atoms with Gasteiger partial charge in [-0.05, 0) is 43.2 Å². The Kier molecular flexibility index (Phi) is 7.10. The zero-order chi connectivity index (χ0) is 16.5. The van der Waals surface area contributed by atoms with Crippen LogP contribution in [0.15, 0.2) is 47.8 Å². The van der Waals surface area contributed by atoms with E-state index in [1.165, 1.54) is 5.56 Å². The number of hydrogen-bond acceptors (Lipinski definition) is 3. The summed E-state index contributed by atoms with van der Waals surface area (Å²) in [6.45, 7) is 2.10. The van der Waals surface area contributed by atoms with Crippen LogP contribution in [0.2, 0.25) is 0 Å². The third-order valence-electron chi connectivity index (χ3n) is 3.65. The Balaban J connectivity index is 1.96. The fraction of sp³-hybridized carbons (Fsp3) is 0.389. The minimum atomic E-state index is -0.162. The van der Waals surface area contributed by atoms with Crippen LogP contribution in [0.1, 0.15) is 36.2 Å². The Bertz CT molecular complexity index is 572.